The van der Waals surface area contributed by atoms with Crippen LogP contribution in [0, 0.1) is 6.07 Å². The van der Waals surface area contributed by atoms with Crippen molar-refractivity contribution in [3.8, 4) is 5.75 Å². The first kappa shape index (κ1) is 8.00. The Bertz CT molecular complexity index is 319. The van der Waals surface area contributed by atoms with Crippen LogP contribution in [0.2, 0.25) is 0 Å². The average molecular weight is 175 g/mol. The van der Waals surface area contributed by atoms with E-state index in [1.54, 1.807) is 0 Å². The lowest BCUT2D eigenvalue weighted by Gasteiger charge is -1.96. The zero-order valence-corrected chi connectivity index (χ0v) is 6.14. The first-order chi connectivity index (χ1) is 5.08. The Kier molecular flexibility index (Phi) is 2.09. The van der Waals surface area contributed by atoms with Crippen molar-refractivity contribution in [2.24, 2.45) is 0 Å². The van der Waals surface area contributed by atoms with Gasteiger partial charge < -0.3 is 4.18 Å². The van der Waals surface area contributed by atoms with E-state index in [0.717, 1.165) is 0 Å². The number of hydrogen-bond donors (Lipinski definition) is 0. The predicted octanol–water partition coefficient (Wildman–Crippen LogP) is 1.08. The molecule has 59 valence electrons. The molecule has 0 amide bonds. The van der Waals surface area contributed by atoms with Crippen LogP contribution < -0.4 is 4.18 Å². The second-order valence-electron chi connectivity index (χ2n) is 1.71. The lowest BCUT2D eigenvalue weighted by atomic mass is 10.3. The van der Waals surface area contributed by atoms with E-state index in [2.05, 4.69) is 10.2 Å². The minimum absolute atomic E-state index is 0.0637. The summed E-state index contributed by atoms with van der Waals surface area (Å²) < 4.78 is 35.5. The van der Waals surface area contributed by atoms with Crippen molar-refractivity contribution in [3.05, 3.63) is 30.3 Å². The fourth-order valence-electron chi connectivity index (χ4n) is 0.542. The van der Waals surface area contributed by atoms with Crippen LogP contribution in [0.25, 0.3) is 0 Å². The summed E-state index contributed by atoms with van der Waals surface area (Å²) in [5.41, 5.74) is 0. The Morgan fingerprint density at radius 1 is 1.36 bits per heavy atom. The molecule has 0 heterocycles. The molecule has 0 N–H and O–H groups in total. The Balaban J connectivity index is 2.82. The molecule has 0 saturated carbocycles. The largest absolute Gasteiger partial charge is 0.488 e. The van der Waals surface area contributed by atoms with E-state index in [4.69, 9.17) is 0 Å². The zero-order valence-electron chi connectivity index (χ0n) is 5.32. The summed E-state index contributed by atoms with van der Waals surface area (Å²) >= 11 is 0. The Morgan fingerprint density at radius 2 is 1.91 bits per heavy atom. The molecule has 0 bridgehead atoms. The monoisotopic (exact) mass is 175 g/mol. The van der Waals surface area contributed by atoms with E-state index in [-0.39, 0.29) is 5.75 Å². The lowest BCUT2D eigenvalue weighted by molar-refractivity contribution is 0.440. The smallest absolute Gasteiger partial charge is 0.358 e. The first-order valence-corrected chi connectivity index (χ1v) is 3.99. The molecule has 0 aliphatic rings. The molecule has 3 nitrogen and oxygen atoms in total. The zero-order chi connectivity index (χ0) is 8.32. The van der Waals surface area contributed by atoms with Gasteiger partial charge in [0.15, 0.2) is 0 Å². The number of benzene rings is 1. The normalized spacial score (nSPS) is 11.0. The van der Waals surface area contributed by atoms with E-state index in [0.29, 0.717) is 0 Å². The second kappa shape index (κ2) is 2.87. The molecule has 1 radical (unpaired) electrons. The number of rotatable bonds is 2. The fraction of sp³-hybridized carbons (Fsp3) is 0. The van der Waals surface area contributed by atoms with E-state index >= 15 is 0 Å². The Hall–Kier alpha value is -1.10. The molecule has 1 aromatic rings. The van der Waals surface area contributed by atoms with Gasteiger partial charge in [-0.15, -0.1) is 0 Å². The average Bonchev–Trinajstić information content (AvgIpc) is 1.85. The van der Waals surface area contributed by atoms with Crippen LogP contribution in [-0.4, -0.2) is 8.42 Å². The molecule has 0 aliphatic heterocycles. The Labute approximate surface area is 63.8 Å². The molecular formula is C6H4FO3S. The van der Waals surface area contributed by atoms with Gasteiger partial charge >= 0.3 is 10.5 Å². The third kappa shape index (κ3) is 2.99. The highest BCUT2D eigenvalue weighted by molar-refractivity contribution is 7.81. The standard InChI is InChI=1S/C6H4FO3S/c7-11(8,9)10-6-4-2-1-3-5-6/h2-5H. The van der Waals surface area contributed by atoms with E-state index in [9.17, 15) is 12.3 Å². The van der Waals surface area contributed by atoms with Crippen molar-refractivity contribution in [2.75, 3.05) is 0 Å². The van der Waals surface area contributed by atoms with Gasteiger partial charge in [0.2, 0.25) is 0 Å². The molecule has 11 heavy (non-hydrogen) atoms. The molecule has 0 aromatic heterocycles. The van der Waals surface area contributed by atoms with Crippen molar-refractivity contribution in [2.45, 2.75) is 0 Å². The molecule has 0 unspecified atom stereocenters. The molecule has 0 aliphatic carbocycles. The summed E-state index contributed by atoms with van der Waals surface area (Å²) in [6.45, 7) is 0. The maximum absolute atomic E-state index is 11.8. The molecule has 0 spiro atoms. The van der Waals surface area contributed by atoms with E-state index in [1.165, 1.54) is 24.3 Å². The van der Waals surface area contributed by atoms with Crippen LogP contribution in [0.5, 0.6) is 5.75 Å². The third-order valence-electron chi connectivity index (χ3n) is 0.883. The van der Waals surface area contributed by atoms with Gasteiger partial charge in [-0.2, -0.15) is 8.42 Å². The first-order valence-electron chi connectivity index (χ1n) is 2.68. The van der Waals surface area contributed by atoms with Gasteiger partial charge in [-0.25, -0.2) is 0 Å². The summed E-state index contributed by atoms with van der Waals surface area (Å²) in [5, 5.41) is 0. The summed E-state index contributed by atoms with van der Waals surface area (Å²) in [6.07, 6.45) is 0. The molecular weight excluding hydrogens is 171 g/mol. The van der Waals surface area contributed by atoms with Gasteiger partial charge in [-0.05, 0) is 18.2 Å². The maximum Gasteiger partial charge on any atom is 0.488 e. The highest BCUT2D eigenvalue weighted by atomic mass is 32.3. The summed E-state index contributed by atoms with van der Waals surface area (Å²) in [5.74, 6) is -0.0637. The van der Waals surface area contributed by atoms with Gasteiger partial charge in [-0.3, -0.25) is 0 Å². The minimum atomic E-state index is -4.89. The second-order valence-corrected chi connectivity index (χ2v) is 2.67. The molecule has 1 rings (SSSR count). The van der Waals surface area contributed by atoms with Crippen LogP contribution in [0.3, 0.4) is 0 Å². The van der Waals surface area contributed by atoms with Crippen molar-refractivity contribution in [1.29, 1.82) is 0 Å². The fourth-order valence-corrected chi connectivity index (χ4v) is 0.883. The predicted molar refractivity (Wildman–Crippen MR) is 35.9 cm³/mol. The number of halogens is 1. The molecule has 0 saturated heterocycles. The van der Waals surface area contributed by atoms with Crippen LogP contribution >= 0.6 is 0 Å². The number of hydrogen-bond acceptors (Lipinski definition) is 3. The summed E-state index contributed by atoms with van der Waals surface area (Å²) in [4.78, 5) is 0. The van der Waals surface area contributed by atoms with Crippen molar-refractivity contribution < 1.29 is 16.5 Å². The van der Waals surface area contributed by atoms with Crippen LogP contribution in [0.15, 0.2) is 24.3 Å². The van der Waals surface area contributed by atoms with Crippen LogP contribution in [0.4, 0.5) is 3.89 Å². The quantitative estimate of drug-likeness (QED) is 0.631. The van der Waals surface area contributed by atoms with Gasteiger partial charge in [0.05, 0.1) is 0 Å². The molecule has 1 aromatic carbocycles. The highest BCUT2D eigenvalue weighted by Crippen LogP contribution is 2.11. The highest BCUT2D eigenvalue weighted by Gasteiger charge is 2.07. The van der Waals surface area contributed by atoms with Gasteiger partial charge in [0.1, 0.15) is 5.75 Å². The van der Waals surface area contributed by atoms with Gasteiger partial charge in [0, 0.05) is 0 Å². The minimum Gasteiger partial charge on any atom is -0.358 e. The van der Waals surface area contributed by atoms with Crippen molar-refractivity contribution in [1.82, 2.24) is 0 Å². The van der Waals surface area contributed by atoms with Crippen LogP contribution in [0.1, 0.15) is 0 Å². The van der Waals surface area contributed by atoms with Gasteiger partial charge in [0.25, 0.3) is 0 Å². The summed E-state index contributed by atoms with van der Waals surface area (Å²) in [7, 11) is -4.89. The maximum atomic E-state index is 11.8. The Morgan fingerprint density at radius 3 is 2.36 bits per heavy atom. The van der Waals surface area contributed by atoms with Crippen molar-refractivity contribution in [3.63, 3.8) is 0 Å². The topological polar surface area (TPSA) is 43.4 Å². The van der Waals surface area contributed by atoms with E-state index in [1.807, 2.05) is 0 Å². The summed E-state index contributed by atoms with van der Waals surface area (Å²) in [6, 6.07) is 8.03. The van der Waals surface area contributed by atoms with Crippen molar-refractivity contribution >= 4 is 10.5 Å². The molecule has 5 heteroatoms. The van der Waals surface area contributed by atoms with E-state index < -0.39 is 10.5 Å². The van der Waals surface area contributed by atoms with Gasteiger partial charge in [-0.1, -0.05) is 16.0 Å². The lowest BCUT2D eigenvalue weighted by Crippen LogP contribution is -2.00. The van der Waals surface area contributed by atoms with Crippen LogP contribution in [-0.2, 0) is 10.5 Å². The SMILES string of the molecule is O=S(=O)(F)Oc1cc[c]cc1. The molecule has 0 fully saturated rings. The third-order valence-corrected chi connectivity index (χ3v) is 1.27. The molecule has 0 atom stereocenters.